The van der Waals surface area contributed by atoms with Gasteiger partial charge in [-0.2, -0.15) is 0 Å². The molecule has 1 amide bonds. The van der Waals surface area contributed by atoms with E-state index >= 15 is 0 Å². The molecule has 1 heterocycles. The van der Waals surface area contributed by atoms with Gasteiger partial charge in [0.05, 0.1) is 0 Å². The fraction of sp³-hybridized carbons (Fsp3) is 0.300. The van der Waals surface area contributed by atoms with Crippen molar-refractivity contribution in [3.63, 3.8) is 0 Å². The standard InChI is InChI=1S/C10H12N2O2/c1-12-5-7-2-3-8(11)4-9(7)14-6-10(12)13/h2-4H,5-6,11H2,1H3. The topological polar surface area (TPSA) is 55.6 Å². The summed E-state index contributed by atoms with van der Waals surface area (Å²) >= 11 is 0. The van der Waals surface area contributed by atoms with Crippen molar-refractivity contribution in [1.82, 2.24) is 4.90 Å². The molecule has 2 rings (SSSR count). The Labute approximate surface area is 82.3 Å². The van der Waals surface area contributed by atoms with Crippen LogP contribution in [0.4, 0.5) is 5.69 Å². The lowest BCUT2D eigenvalue weighted by Gasteiger charge is -2.12. The van der Waals surface area contributed by atoms with Gasteiger partial charge in [-0.3, -0.25) is 4.79 Å². The molecule has 2 N–H and O–H groups in total. The summed E-state index contributed by atoms with van der Waals surface area (Å²) in [4.78, 5) is 13.0. The maximum atomic E-state index is 11.3. The van der Waals surface area contributed by atoms with Crippen LogP contribution in [0.2, 0.25) is 0 Å². The Morgan fingerprint density at radius 2 is 2.29 bits per heavy atom. The summed E-state index contributed by atoms with van der Waals surface area (Å²) in [5.74, 6) is 0.697. The Hall–Kier alpha value is -1.71. The number of nitrogens with two attached hydrogens (primary N) is 1. The van der Waals surface area contributed by atoms with E-state index in [4.69, 9.17) is 10.5 Å². The van der Waals surface area contributed by atoms with Crippen LogP contribution in [-0.4, -0.2) is 24.5 Å². The lowest BCUT2D eigenvalue weighted by atomic mass is 10.2. The van der Waals surface area contributed by atoms with Gasteiger partial charge in [-0.15, -0.1) is 0 Å². The third-order valence-corrected chi connectivity index (χ3v) is 2.28. The Kier molecular flexibility index (Phi) is 2.04. The minimum absolute atomic E-state index is 0.0141. The van der Waals surface area contributed by atoms with Gasteiger partial charge in [0.1, 0.15) is 5.75 Å². The molecule has 0 fully saturated rings. The van der Waals surface area contributed by atoms with Gasteiger partial charge >= 0.3 is 0 Å². The van der Waals surface area contributed by atoms with E-state index in [1.165, 1.54) is 0 Å². The first-order valence-corrected chi connectivity index (χ1v) is 4.42. The average Bonchev–Trinajstić information content (AvgIpc) is 2.29. The van der Waals surface area contributed by atoms with Crippen LogP contribution in [-0.2, 0) is 11.3 Å². The molecule has 4 heteroatoms. The molecular weight excluding hydrogens is 180 g/mol. The van der Waals surface area contributed by atoms with Crippen LogP contribution in [0.1, 0.15) is 5.56 Å². The summed E-state index contributed by atoms with van der Waals surface area (Å²) in [5.41, 5.74) is 7.27. The highest BCUT2D eigenvalue weighted by Crippen LogP contribution is 2.25. The number of hydrogen-bond donors (Lipinski definition) is 1. The molecule has 1 aromatic rings. The predicted octanol–water partition coefficient (Wildman–Crippen LogP) is 0.620. The Bertz CT molecular complexity index is 376. The molecule has 0 radical (unpaired) electrons. The van der Waals surface area contributed by atoms with Crippen molar-refractivity contribution in [3.8, 4) is 5.75 Å². The first kappa shape index (κ1) is 8.87. The lowest BCUT2D eigenvalue weighted by molar-refractivity contribution is -0.131. The van der Waals surface area contributed by atoms with Crippen LogP contribution in [0.15, 0.2) is 18.2 Å². The van der Waals surface area contributed by atoms with E-state index < -0.39 is 0 Å². The van der Waals surface area contributed by atoms with Crippen molar-refractivity contribution in [3.05, 3.63) is 23.8 Å². The molecule has 0 saturated heterocycles. The number of nitrogen functional groups attached to an aromatic ring is 1. The zero-order chi connectivity index (χ0) is 10.1. The Balaban J connectivity index is 2.37. The average molecular weight is 192 g/mol. The van der Waals surface area contributed by atoms with E-state index in [1.54, 1.807) is 18.0 Å². The number of likely N-dealkylation sites (N-methyl/N-ethyl adjacent to an activating group) is 1. The van der Waals surface area contributed by atoms with Crippen LogP contribution in [0.5, 0.6) is 5.75 Å². The van der Waals surface area contributed by atoms with Crippen LogP contribution < -0.4 is 10.5 Å². The largest absolute Gasteiger partial charge is 0.483 e. The molecule has 74 valence electrons. The molecular formula is C10H12N2O2. The smallest absolute Gasteiger partial charge is 0.260 e. The van der Waals surface area contributed by atoms with Crippen molar-refractivity contribution >= 4 is 11.6 Å². The van der Waals surface area contributed by atoms with Gasteiger partial charge < -0.3 is 15.4 Å². The summed E-state index contributed by atoms with van der Waals surface area (Å²) in [6.45, 7) is 0.668. The van der Waals surface area contributed by atoms with E-state index in [0.717, 1.165) is 5.56 Å². The van der Waals surface area contributed by atoms with Crippen LogP contribution in [0.25, 0.3) is 0 Å². The number of anilines is 1. The summed E-state index contributed by atoms with van der Waals surface area (Å²) in [5, 5.41) is 0. The minimum atomic E-state index is -0.0141. The first-order chi connectivity index (χ1) is 6.66. The summed E-state index contributed by atoms with van der Waals surface area (Å²) in [6, 6.07) is 5.45. The maximum absolute atomic E-state index is 11.3. The van der Waals surface area contributed by atoms with Gasteiger partial charge in [0.25, 0.3) is 5.91 Å². The van der Waals surface area contributed by atoms with E-state index in [1.807, 2.05) is 12.1 Å². The molecule has 1 aliphatic heterocycles. The fourth-order valence-corrected chi connectivity index (χ4v) is 1.43. The number of nitrogens with zero attached hydrogens (tertiary/aromatic N) is 1. The van der Waals surface area contributed by atoms with Gasteiger partial charge in [0.15, 0.2) is 6.61 Å². The number of benzene rings is 1. The molecule has 0 aromatic heterocycles. The van der Waals surface area contributed by atoms with Crippen molar-refractivity contribution in [2.75, 3.05) is 19.4 Å². The number of carbonyl (C=O) groups excluding carboxylic acids is 1. The SMILES string of the molecule is CN1Cc2ccc(N)cc2OCC1=O. The van der Waals surface area contributed by atoms with Gasteiger partial charge in [0.2, 0.25) is 0 Å². The maximum Gasteiger partial charge on any atom is 0.260 e. The van der Waals surface area contributed by atoms with E-state index in [9.17, 15) is 4.79 Å². The number of hydrogen-bond acceptors (Lipinski definition) is 3. The molecule has 0 aliphatic carbocycles. The zero-order valence-electron chi connectivity index (χ0n) is 7.99. The number of carbonyl (C=O) groups is 1. The number of fused-ring (bicyclic) bond motifs is 1. The van der Waals surface area contributed by atoms with Crippen LogP contribution in [0, 0.1) is 0 Å². The van der Waals surface area contributed by atoms with Gasteiger partial charge in [-0.25, -0.2) is 0 Å². The second-order valence-electron chi connectivity index (χ2n) is 3.41. The Morgan fingerprint density at radius 1 is 1.50 bits per heavy atom. The fourth-order valence-electron chi connectivity index (χ4n) is 1.43. The van der Waals surface area contributed by atoms with Crippen LogP contribution >= 0.6 is 0 Å². The number of ether oxygens (including phenoxy) is 1. The number of amides is 1. The van der Waals surface area contributed by atoms with Crippen molar-refractivity contribution in [1.29, 1.82) is 0 Å². The van der Waals surface area contributed by atoms with Gasteiger partial charge in [0, 0.05) is 30.9 Å². The van der Waals surface area contributed by atoms with Crippen molar-refractivity contribution in [2.45, 2.75) is 6.54 Å². The molecule has 1 aromatic carbocycles. The van der Waals surface area contributed by atoms with Crippen LogP contribution in [0.3, 0.4) is 0 Å². The monoisotopic (exact) mass is 192 g/mol. The molecule has 14 heavy (non-hydrogen) atoms. The van der Waals surface area contributed by atoms with E-state index in [-0.39, 0.29) is 12.5 Å². The van der Waals surface area contributed by atoms with Gasteiger partial charge in [-0.05, 0) is 6.07 Å². The van der Waals surface area contributed by atoms with E-state index in [0.29, 0.717) is 18.0 Å². The second-order valence-corrected chi connectivity index (χ2v) is 3.41. The Morgan fingerprint density at radius 3 is 3.07 bits per heavy atom. The van der Waals surface area contributed by atoms with Crippen molar-refractivity contribution < 1.29 is 9.53 Å². The summed E-state index contributed by atoms with van der Waals surface area (Å²) in [7, 11) is 1.76. The molecule has 0 bridgehead atoms. The molecule has 4 nitrogen and oxygen atoms in total. The number of rotatable bonds is 0. The predicted molar refractivity (Wildman–Crippen MR) is 52.8 cm³/mol. The molecule has 0 saturated carbocycles. The summed E-state index contributed by atoms with van der Waals surface area (Å²) in [6.07, 6.45) is 0. The lowest BCUT2D eigenvalue weighted by Crippen LogP contribution is -2.28. The molecule has 0 unspecified atom stereocenters. The molecule has 0 atom stereocenters. The van der Waals surface area contributed by atoms with Crippen molar-refractivity contribution in [2.24, 2.45) is 0 Å². The first-order valence-electron chi connectivity index (χ1n) is 4.42. The molecule has 0 spiro atoms. The highest BCUT2D eigenvalue weighted by atomic mass is 16.5. The highest BCUT2D eigenvalue weighted by molar-refractivity contribution is 5.78. The third-order valence-electron chi connectivity index (χ3n) is 2.28. The highest BCUT2D eigenvalue weighted by Gasteiger charge is 2.17. The minimum Gasteiger partial charge on any atom is -0.483 e. The molecule has 1 aliphatic rings. The van der Waals surface area contributed by atoms with E-state index in [2.05, 4.69) is 0 Å². The summed E-state index contributed by atoms with van der Waals surface area (Å²) < 4.78 is 5.34. The normalized spacial score (nSPS) is 15.8. The second kappa shape index (κ2) is 3.21. The zero-order valence-corrected chi connectivity index (χ0v) is 7.99. The third kappa shape index (κ3) is 1.51. The van der Waals surface area contributed by atoms with Gasteiger partial charge in [-0.1, -0.05) is 6.07 Å². The quantitative estimate of drug-likeness (QED) is 0.613.